The van der Waals surface area contributed by atoms with Crippen LogP contribution in [-0.4, -0.2) is 63.4 Å². The smallest absolute Gasteiger partial charge is 0.255 e. The average Bonchev–Trinajstić information content (AvgIpc) is 2.45. The molecule has 1 heterocycles. The van der Waals surface area contributed by atoms with Gasteiger partial charge in [-0.1, -0.05) is 23.2 Å². The van der Waals surface area contributed by atoms with E-state index in [1.807, 2.05) is 7.05 Å². The van der Waals surface area contributed by atoms with Gasteiger partial charge in [0.1, 0.15) is 4.90 Å². The number of carbonyl (C=O) groups is 1. The van der Waals surface area contributed by atoms with E-state index in [9.17, 15) is 13.2 Å². The van der Waals surface area contributed by atoms with Gasteiger partial charge in [0.05, 0.1) is 15.6 Å². The number of halogens is 2. The topological polar surface area (TPSA) is 69.7 Å². The molecule has 1 saturated heterocycles. The molecule has 1 aliphatic rings. The number of amides is 1. The number of benzene rings is 1. The molecule has 24 heavy (non-hydrogen) atoms. The molecule has 0 bridgehead atoms. The summed E-state index contributed by atoms with van der Waals surface area (Å²) >= 11 is 12.2. The summed E-state index contributed by atoms with van der Waals surface area (Å²) in [5, 5.41) is 0.135. The Kier molecular flexibility index (Phi) is 6.14. The van der Waals surface area contributed by atoms with E-state index in [0.717, 1.165) is 13.1 Å². The lowest BCUT2D eigenvalue weighted by atomic mass is 10.2. The van der Waals surface area contributed by atoms with Gasteiger partial charge in [0.25, 0.3) is 5.91 Å². The predicted octanol–water partition coefficient (Wildman–Crippen LogP) is 2.07. The molecule has 1 N–H and O–H groups in total. The predicted molar refractivity (Wildman–Crippen MR) is 95.3 cm³/mol. The van der Waals surface area contributed by atoms with Crippen molar-refractivity contribution in [1.82, 2.24) is 14.5 Å². The maximum atomic E-state index is 12.7. The summed E-state index contributed by atoms with van der Waals surface area (Å²) < 4.78 is 27.3. The minimum atomic E-state index is -3.82. The van der Waals surface area contributed by atoms with E-state index in [0.29, 0.717) is 13.1 Å². The quantitative estimate of drug-likeness (QED) is 0.849. The summed E-state index contributed by atoms with van der Waals surface area (Å²) in [6.07, 6.45) is 0. The minimum Gasteiger partial charge on any atom is -0.336 e. The Labute approximate surface area is 152 Å². The zero-order chi connectivity index (χ0) is 18.1. The van der Waals surface area contributed by atoms with Gasteiger partial charge in [-0.25, -0.2) is 13.1 Å². The lowest BCUT2D eigenvalue weighted by Crippen LogP contribution is -2.47. The molecule has 1 aromatic rings. The van der Waals surface area contributed by atoms with Crippen LogP contribution < -0.4 is 4.72 Å². The number of nitrogens with one attached hydrogen (secondary N) is 1. The molecule has 0 saturated carbocycles. The lowest BCUT2D eigenvalue weighted by molar-refractivity contribution is 0.0664. The van der Waals surface area contributed by atoms with E-state index >= 15 is 0 Å². The van der Waals surface area contributed by atoms with Crippen LogP contribution in [0.1, 0.15) is 24.2 Å². The highest BCUT2D eigenvalue weighted by Gasteiger charge is 2.26. The molecule has 1 aliphatic heterocycles. The molecule has 1 amide bonds. The number of piperazine rings is 1. The van der Waals surface area contributed by atoms with Gasteiger partial charge in [0.2, 0.25) is 10.0 Å². The highest BCUT2D eigenvalue weighted by atomic mass is 35.5. The maximum Gasteiger partial charge on any atom is 0.255 e. The van der Waals surface area contributed by atoms with Crippen molar-refractivity contribution in [2.45, 2.75) is 24.8 Å². The van der Waals surface area contributed by atoms with Gasteiger partial charge in [0, 0.05) is 32.2 Å². The van der Waals surface area contributed by atoms with E-state index in [2.05, 4.69) is 9.62 Å². The van der Waals surface area contributed by atoms with Crippen LogP contribution in [0, 0.1) is 0 Å². The third-order valence-corrected chi connectivity index (χ3v) is 6.16. The molecule has 0 unspecified atom stereocenters. The van der Waals surface area contributed by atoms with Crippen LogP contribution in [-0.2, 0) is 10.0 Å². The molecular weight excluding hydrogens is 373 g/mol. The monoisotopic (exact) mass is 393 g/mol. The molecule has 9 heteroatoms. The molecule has 0 spiro atoms. The zero-order valence-corrected chi connectivity index (χ0v) is 16.2. The van der Waals surface area contributed by atoms with Crippen LogP contribution in [0.25, 0.3) is 0 Å². The van der Waals surface area contributed by atoms with Crippen molar-refractivity contribution in [2.24, 2.45) is 0 Å². The molecule has 1 aromatic carbocycles. The van der Waals surface area contributed by atoms with Crippen LogP contribution in [0.3, 0.4) is 0 Å². The summed E-state index contributed by atoms with van der Waals surface area (Å²) in [7, 11) is -1.84. The van der Waals surface area contributed by atoms with Gasteiger partial charge in [-0.2, -0.15) is 0 Å². The summed E-state index contributed by atoms with van der Waals surface area (Å²) in [4.78, 5) is 16.4. The summed E-state index contributed by atoms with van der Waals surface area (Å²) in [5.74, 6) is -0.286. The number of hydrogen-bond donors (Lipinski definition) is 1. The second-order valence-electron chi connectivity index (χ2n) is 6.13. The number of carbonyl (C=O) groups excluding carboxylic acids is 1. The Hall–Kier alpha value is -0.860. The first-order valence-corrected chi connectivity index (χ1v) is 9.85. The first kappa shape index (κ1) is 19.5. The Morgan fingerprint density at radius 1 is 1.12 bits per heavy atom. The highest BCUT2D eigenvalue weighted by Crippen LogP contribution is 2.29. The minimum absolute atomic E-state index is 0.0110. The molecule has 1 fully saturated rings. The zero-order valence-electron chi connectivity index (χ0n) is 13.8. The van der Waals surface area contributed by atoms with Crippen molar-refractivity contribution in [3.8, 4) is 0 Å². The van der Waals surface area contributed by atoms with Crippen LogP contribution in [0.15, 0.2) is 17.0 Å². The third-order valence-electron chi connectivity index (χ3n) is 3.72. The molecule has 0 aromatic heterocycles. The summed E-state index contributed by atoms with van der Waals surface area (Å²) in [6.45, 7) is 6.07. The fraction of sp³-hybridized carbons (Fsp3) is 0.533. The average molecular weight is 394 g/mol. The largest absolute Gasteiger partial charge is 0.336 e. The van der Waals surface area contributed by atoms with E-state index in [4.69, 9.17) is 23.2 Å². The Bertz CT molecular complexity index is 730. The molecule has 0 aliphatic carbocycles. The molecule has 0 radical (unpaired) electrons. The number of likely N-dealkylation sites (N-methyl/N-ethyl adjacent to an activating group) is 1. The normalized spacial score (nSPS) is 16.7. The molecule has 2 rings (SSSR count). The lowest BCUT2D eigenvalue weighted by Gasteiger charge is -2.32. The highest BCUT2D eigenvalue weighted by molar-refractivity contribution is 7.89. The molecule has 0 atom stereocenters. The first-order chi connectivity index (χ1) is 11.1. The first-order valence-electron chi connectivity index (χ1n) is 7.61. The Morgan fingerprint density at radius 3 is 2.25 bits per heavy atom. The summed E-state index contributed by atoms with van der Waals surface area (Å²) in [5.41, 5.74) is 0.148. The van der Waals surface area contributed by atoms with Crippen LogP contribution >= 0.6 is 23.2 Å². The Morgan fingerprint density at radius 2 is 1.71 bits per heavy atom. The van der Waals surface area contributed by atoms with Gasteiger partial charge in [-0.15, -0.1) is 0 Å². The van der Waals surface area contributed by atoms with Crippen molar-refractivity contribution in [2.75, 3.05) is 33.2 Å². The van der Waals surface area contributed by atoms with Crippen molar-refractivity contribution in [3.63, 3.8) is 0 Å². The number of nitrogens with zero attached hydrogens (tertiary/aromatic N) is 2. The number of sulfonamides is 1. The second-order valence-corrected chi connectivity index (χ2v) is 8.63. The van der Waals surface area contributed by atoms with E-state index < -0.39 is 10.0 Å². The van der Waals surface area contributed by atoms with E-state index in [-0.39, 0.29) is 32.5 Å². The van der Waals surface area contributed by atoms with Crippen molar-refractivity contribution < 1.29 is 13.2 Å². The molecule has 6 nitrogen and oxygen atoms in total. The SMILES string of the molecule is CC(C)NS(=O)(=O)c1cc(C(=O)N2CCN(C)CC2)c(Cl)cc1Cl. The van der Waals surface area contributed by atoms with Gasteiger partial charge in [-0.05, 0) is 33.0 Å². The standard InChI is InChI=1S/C15H21Cl2N3O3S/c1-10(2)18-24(22,23)14-8-11(12(16)9-13(14)17)15(21)20-6-4-19(3)5-7-20/h8-10,18H,4-7H2,1-3H3. The van der Waals surface area contributed by atoms with Crippen LogP contribution in [0.5, 0.6) is 0 Å². The van der Waals surface area contributed by atoms with Gasteiger partial charge >= 0.3 is 0 Å². The number of hydrogen-bond acceptors (Lipinski definition) is 4. The van der Waals surface area contributed by atoms with Crippen LogP contribution in [0.2, 0.25) is 10.0 Å². The van der Waals surface area contributed by atoms with Crippen LogP contribution in [0.4, 0.5) is 0 Å². The van der Waals surface area contributed by atoms with E-state index in [1.54, 1.807) is 18.7 Å². The molecular formula is C15H21Cl2N3O3S. The maximum absolute atomic E-state index is 12.7. The van der Waals surface area contributed by atoms with Gasteiger partial charge in [0.15, 0.2) is 0 Å². The Balaban J connectivity index is 2.38. The molecule has 134 valence electrons. The van der Waals surface area contributed by atoms with Gasteiger partial charge in [-0.3, -0.25) is 4.79 Å². The van der Waals surface area contributed by atoms with Gasteiger partial charge < -0.3 is 9.80 Å². The number of rotatable bonds is 4. The fourth-order valence-corrected chi connectivity index (χ4v) is 4.56. The fourth-order valence-electron chi connectivity index (χ4n) is 2.45. The summed E-state index contributed by atoms with van der Waals surface area (Å²) in [6, 6.07) is 2.27. The third kappa shape index (κ3) is 4.40. The van der Waals surface area contributed by atoms with Crippen molar-refractivity contribution >= 4 is 39.1 Å². The van der Waals surface area contributed by atoms with E-state index in [1.165, 1.54) is 12.1 Å². The van der Waals surface area contributed by atoms with Crippen molar-refractivity contribution in [1.29, 1.82) is 0 Å². The second kappa shape index (κ2) is 7.58. The van der Waals surface area contributed by atoms with Crippen molar-refractivity contribution in [3.05, 3.63) is 27.7 Å².